The van der Waals surface area contributed by atoms with Crippen LogP contribution in [-0.2, 0) is 19.0 Å². The van der Waals surface area contributed by atoms with Crippen LogP contribution in [0.2, 0.25) is 0 Å². The summed E-state index contributed by atoms with van der Waals surface area (Å²) in [6.07, 6.45) is 1.90. The van der Waals surface area contributed by atoms with Crippen LogP contribution in [0.3, 0.4) is 0 Å². The standard InChI is InChI=1S/C31H25F2N3O5S/c1-31(32,33)21-9-7-20(8-10-21)25(37)12-18-5-4-6-19(11-18)17-40-26-13-22(38-2)14-27-23(26)15-28(41-27)24-16-36-29(34-24)42-30(35-36)39-3/h4-11,13-16H,12,17H2,1-3H3. The van der Waals surface area contributed by atoms with Gasteiger partial charge in [0, 0.05) is 36.6 Å². The zero-order valence-electron chi connectivity index (χ0n) is 22.9. The lowest BCUT2D eigenvalue weighted by molar-refractivity contribution is 0.0174. The molecule has 3 aromatic heterocycles. The van der Waals surface area contributed by atoms with Gasteiger partial charge in [0.15, 0.2) is 11.5 Å². The van der Waals surface area contributed by atoms with Gasteiger partial charge in [-0.3, -0.25) is 4.79 Å². The third-order valence-corrected chi connectivity index (χ3v) is 7.61. The van der Waals surface area contributed by atoms with Crippen molar-refractivity contribution < 1.29 is 32.2 Å². The van der Waals surface area contributed by atoms with E-state index in [1.54, 1.807) is 37.1 Å². The number of Topliss-reactive ketones (excluding diaryl/α,β-unsaturated/α-hetero) is 1. The lowest BCUT2D eigenvalue weighted by Gasteiger charge is -2.11. The highest BCUT2D eigenvalue weighted by molar-refractivity contribution is 7.18. The summed E-state index contributed by atoms with van der Waals surface area (Å²) in [6.45, 7) is 1.06. The van der Waals surface area contributed by atoms with E-state index in [0.717, 1.165) is 23.4 Å². The van der Waals surface area contributed by atoms with Crippen LogP contribution in [0, 0.1) is 0 Å². The molecule has 0 saturated carbocycles. The Bertz CT molecular complexity index is 1870. The van der Waals surface area contributed by atoms with Crippen molar-refractivity contribution in [1.82, 2.24) is 14.6 Å². The number of halogens is 2. The highest BCUT2D eigenvalue weighted by atomic mass is 32.1. The highest BCUT2D eigenvalue weighted by Gasteiger charge is 2.24. The molecule has 3 aromatic carbocycles. The predicted molar refractivity (Wildman–Crippen MR) is 154 cm³/mol. The van der Waals surface area contributed by atoms with Crippen molar-refractivity contribution in [3.63, 3.8) is 0 Å². The minimum atomic E-state index is -2.95. The molecule has 0 unspecified atom stereocenters. The molecule has 6 aromatic rings. The summed E-state index contributed by atoms with van der Waals surface area (Å²) in [5.41, 5.74) is 3.09. The number of hydrogen-bond acceptors (Lipinski definition) is 8. The number of aromatic nitrogens is 3. The van der Waals surface area contributed by atoms with Crippen LogP contribution in [0.5, 0.6) is 16.7 Å². The lowest BCUT2D eigenvalue weighted by atomic mass is 9.99. The van der Waals surface area contributed by atoms with Crippen LogP contribution in [0.25, 0.3) is 27.4 Å². The van der Waals surface area contributed by atoms with Crippen LogP contribution in [0.15, 0.2) is 77.3 Å². The zero-order valence-corrected chi connectivity index (χ0v) is 23.7. The fraction of sp³-hybridized carbons (Fsp3) is 0.194. The molecule has 11 heteroatoms. The third-order valence-electron chi connectivity index (χ3n) is 6.72. The number of carbonyl (C=O) groups excluding carboxylic acids is 1. The molecule has 0 bridgehead atoms. The Kier molecular flexibility index (Phi) is 7.11. The molecular weight excluding hydrogens is 564 g/mol. The monoisotopic (exact) mass is 589 g/mol. The summed E-state index contributed by atoms with van der Waals surface area (Å²) in [7, 11) is 3.13. The lowest BCUT2D eigenvalue weighted by Crippen LogP contribution is -2.08. The summed E-state index contributed by atoms with van der Waals surface area (Å²) in [6, 6.07) is 18.4. The molecule has 0 saturated heterocycles. The molecule has 214 valence electrons. The molecule has 6 rings (SSSR count). The van der Waals surface area contributed by atoms with E-state index in [-0.39, 0.29) is 24.4 Å². The summed E-state index contributed by atoms with van der Waals surface area (Å²) < 4.78 is 51.6. The predicted octanol–water partition coefficient (Wildman–Crippen LogP) is 7.34. The number of ether oxygens (including phenoxy) is 3. The first kappa shape index (κ1) is 27.4. The van der Waals surface area contributed by atoms with Crippen molar-refractivity contribution in [2.75, 3.05) is 14.2 Å². The Morgan fingerprint density at radius 1 is 1.02 bits per heavy atom. The second kappa shape index (κ2) is 10.9. The van der Waals surface area contributed by atoms with Gasteiger partial charge in [0.05, 0.1) is 25.8 Å². The number of carbonyl (C=O) groups is 1. The van der Waals surface area contributed by atoms with E-state index in [1.807, 2.05) is 30.3 Å². The molecule has 0 aliphatic carbocycles. The number of ketones is 1. The first-order chi connectivity index (χ1) is 20.2. The Hall–Kier alpha value is -4.77. The fourth-order valence-corrected chi connectivity index (χ4v) is 5.26. The van der Waals surface area contributed by atoms with E-state index in [4.69, 9.17) is 18.6 Å². The summed E-state index contributed by atoms with van der Waals surface area (Å²) in [5.74, 6) is -1.43. The number of benzene rings is 3. The Morgan fingerprint density at radius 3 is 2.52 bits per heavy atom. The molecule has 0 fully saturated rings. The molecule has 0 atom stereocenters. The molecular formula is C31H25F2N3O5S. The van der Waals surface area contributed by atoms with E-state index in [0.29, 0.717) is 44.3 Å². The molecule has 0 amide bonds. The van der Waals surface area contributed by atoms with Gasteiger partial charge >= 0.3 is 0 Å². The molecule has 0 aliphatic heterocycles. The third kappa shape index (κ3) is 5.55. The zero-order chi connectivity index (χ0) is 29.4. The fourth-order valence-electron chi connectivity index (χ4n) is 4.56. The Labute approximate surface area is 243 Å². The maximum Gasteiger partial charge on any atom is 0.294 e. The summed E-state index contributed by atoms with van der Waals surface area (Å²) in [5, 5.41) is 5.57. The normalized spacial score (nSPS) is 11.7. The topological polar surface area (TPSA) is 88.1 Å². The first-order valence-corrected chi connectivity index (χ1v) is 13.8. The molecule has 0 N–H and O–H groups in total. The Balaban J connectivity index is 1.20. The van der Waals surface area contributed by atoms with Gasteiger partial charge in [-0.25, -0.2) is 18.3 Å². The van der Waals surface area contributed by atoms with Gasteiger partial charge in [-0.2, -0.15) is 0 Å². The van der Waals surface area contributed by atoms with Crippen LogP contribution in [0.4, 0.5) is 8.78 Å². The van der Waals surface area contributed by atoms with Crippen LogP contribution >= 0.6 is 11.3 Å². The van der Waals surface area contributed by atoms with Crippen molar-refractivity contribution in [2.45, 2.75) is 25.9 Å². The maximum atomic E-state index is 13.5. The minimum absolute atomic E-state index is 0.128. The Morgan fingerprint density at radius 2 is 1.81 bits per heavy atom. The SMILES string of the molecule is COc1cc(OCc2cccc(CC(=O)c3ccc(C(C)(F)F)cc3)c2)c2cc(-c3cn4nc(OC)sc4n3)oc2c1. The number of nitrogens with zero attached hydrogens (tertiary/aromatic N) is 3. The molecule has 0 radical (unpaired) electrons. The molecule has 0 aliphatic rings. The van der Waals surface area contributed by atoms with Crippen LogP contribution in [-0.4, -0.2) is 34.6 Å². The second-order valence-electron chi connectivity index (χ2n) is 9.75. The van der Waals surface area contributed by atoms with Gasteiger partial charge in [0.2, 0.25) is 4.96 Å². The quantitative estimate of drug-likeness (QED) is 0.155. The second-order valence-corrected chi connectivity index (χ2v) is 10.7. The number of rotatable bonds is 10. The highest BCUT2D eigenvalue weighted by Crippen LogP contribution is 2.37. The van der Waals surface area contributed by atoms with Crippen molar-refractivity contribution in [2.24, 2.45) is 0 Å². The maximum absolute atomic E-state index is 13.5. The van der Waals surface area contributed by atoms with E-state index < -0.39 is 5.92 Å². The van der Waals surface area contributed by atoms with Gasteiger partial charge in [-0.1, -0.05) is 48.5 Å². The van der Waals surface area contributed by atoms with E-state index in [1.165, 1.54) is 35.6 Å². The smallest absolute Gasteiger partial charge is 0.294 e. The molecule has 42 heavy (non-hydrogen) atoms. The van der Waals surface area contributed by atoms with Crippen LogP contribution < -0.4 is 14.2 Å². The molecule has 0 spiro atoms. The van der Waals surface area contributed by atoms with Gasteiger partial charge in [0.25, 0.3) is 11.1 Å². The first-order valence-electron chi connectivity index (χ1n) is 12.9. The largest absolute Gasteiger partial charge is 0.496 e. The average Bonchev–Trinajstić information content (AvgIpc) is 3.69. The minimum Gasteiger partial charge on any atom is -0.496 e. The number of imidazole rings is 1. The van der Waals surface area contributed by atoms with Crippen LogP contribution in [0.1, 0.15) is 34.0 Å². The number of methoxy groups -OCH3 is 2. The molecule has 3 heterocycles. The van der Waals surface area contributed by atoms with Crippen molar-refractivity contribution in [3.05, 3.63) is 95.2 Å². The van der Waals surface area contributed by atoms with Crippen molar-refractivity contribution >= 4 is 33.1 Å². The summed E-state index contributed by atoms with van der Waals surface area (Å²) >= 11 is 1.32. The van der Waals surface area contributed by atoms with E-state index in [2.05, 4.69) is 10.1 Å². The van der Waals surface area contributed by atoms with E-state index in [9.17, 15) is 13.6 Å². The van der Waals surface area contributed by atoms with Crippen molar-refractivity contribution in [1.29, 1.82) is 0 Å². The van der Waals surface area contributed by atoms with Gasteiger partial charge in [-0.05, 0) is 28.5 Å². The average molecular weight is 590 g/mol. The number of alkyl halides is 2. The van der Waals surface area contributed by atoms with Crippen molar-refractivity contribution in [3.8, 4) is 28.1 Å². The number of furan rings is 1. The molecule has 8 nitrogen and oxygen atoms in total. The van der Waals surface area contributed by atoms with E-state index >= 15 is 0 Å². The number of fused-ring (bicyclic) bond motifs is 2. The summed E-state index contributed by atoms with van der Waals surface area (Å²) in [4.78, 5) is 18.1. The van der Waals surface area contributed by atoms with Gasteiger partial charge in [-0.15, -0.1) is 5.10 Å². The van der Waals surface area contributed by atoms with Gasteiger partial charge in [0.1, 0.15) is 29.4 Å². The van der Waals surface area contributed by atoms with Gasteiger partial charge < -0.3 is 18.6 Å². The number of hydrogen-bond donors (Lipinski definition) is 0.